The highest BCUT2D eigenvalue weighted by Gasteiger charge is 2.32. The number of hydrogen-bond donors (Lipinski definition) is 1. The summed E-state index contributed by atoms with van der Waals surface area (Å²) in [5, 5.41) is 8.95. The highest BCUT2D eigenvalue weighted by atomic mass is 32.2. The number of thioether (sulfide) groups is 1. The second kappa shape index (κ2) is 7.46. The van der Waals surface area contributed by atoms with Gasteiger partial charge in [0.05, 0.1) is 16.2 Å². The smallest absolute Gasteiger partial charge is 0.335 e. The van der Waals surface area contributed by atoms with Gasteiger partial charge < -0.3 is 5.11 Å². The summed E-state index contributed by atoms with van der Waals surface area (Å²) in [5.74, 6) is -1.22. The molecule has 0 aromatic heterocycles. The van der Waals surface area contributed by atoms with Crippen LogP contribution in [0, 0.1) is 0 Å². The van der Waals surface area contributed by atoms with Crippen molar-refractivity contribution in [2.75, 3.05) is 4.90 Å². The van der Waals surface area contributed by atoms with Crippen LogP contribution in [0.25, 0.3) is 6.08 Å². The number of nitrogens with zero attached hydrogens (tertiary/aromatic N) is 1. The standard InChI is InChI=1S/C19H13NO3S2/c21-17-16(8-4-7-13-5-2-1-3-6-13)25-19(24)20(17)15-11-9-14(10-12-15)18(22)23/h1-12H,(H,22,23). The summed E-state index contributed by atoms with van der Waals surface area (Å²) >= 11 is 6.52. The molecule has 0 bridgehead atoms. The van der Waals surface area contributed by atoms with Gasteiger partial charge in [0.25, 0.3) is 5.91 Å². The lowest BCUT2D eigenvalue weighted by molar-refractivity contribution is -0.113. The number of benzene rings is 2. The van der Waals surface area contributed by atoms with Gasteiger partial charge in [-0.25, -0.2) is 4.79 Å². The predicted molar refractivity (Wildman–Crippen MR) is 105 cm³/mol. The highest BCUT2D eigenvalue weighted by Crippen LogP contribution is 2.34. The van der Waals surface area contributed by atoms with Crippen LogP contribution in [0.5, 0.6) is 0 Å². The zero-order valence-electron chi connectivity index (χ0n) is 13.0. The van der Waals surface area contributed by atoms with E-state index in [-0.39, 0.29) is 11.5 Å². The molecule has 2 aromatic carbocycles. The van der Waals surface area contributed by atoms with Gasteiger partial charge in [0.15, 0.2) is 4.32 Å². The summed E-state index contributed by atoms with van der Waals surface area (Å²) in [6.07, 6.45) is 5.46. The first-order valence-electron chi connectivity index (χ1n) is 7.39. The van der Waals surface area contributed by atoms with Crippen LogP contribution in [0.1, 0.15) is 15.9 Å². The third kappa shape index (κ3) is 3.87. The van der Waals surface area contributed by atoms with Crippen LogP contribution in [-0.4, -0.2) is 21.3 Å². The Morgan fingerprint density at radius 1 is 1.08 bits per heavy atom. The Morgan fingerprint density at radius 2 is 1.76 bits per heavy atom. The van der Waals surface area contributed by atoms with Crippen LogP contribution in [0.15, 0.2) is 71.7 Å². The Bertz CT molecular complexity index is 887. The van der Waals surface area contributed by atoms with Crippen LogP contribution in [-0.2, 0) is 4.79 Å². The zero-order valence-corrected chi connectivity index (χ0v) is 14.6. The Kier molecular flexibility index (Phi) is 5.11. The molecule has 0 unspecified atom stereocenters. The van der Waals surface area contributed by atoms with Crippen molar-refractivity contribution < 1.29 is 14.7 Å². The average Bonchev–Trinajstić information content (AvgIpc) is 2.90. The van der Waals surface area contributed by atoms with Crippen molar-refractivity contribution in [2.24, 2.45) is 0 Å². The molecule has 0 aliphatic carbocycles. The van der Waals surface area contributed by atoms with E-state index in [1.54, 1.807) is 18.2 Å². The lowest BCUT2D eigenvalue weighted by atomic mass is 10.2. The summed E-state index contributed by atoms with van der Waals surface area (Å²) in [7, 11) is 0. The van der Waals surface area contributed by atoms with E-state index in [4.69, 9.17) is 17.3 Å². The first-order valence-corrected chi connectivity index (χ1v) is 8.62. The third-order valence-electron chi connectivity index (χ3n) is 3.50. The Labute approximate surface area is 154 Å². The molecule has 0 atom stereocenters. The van der Waals surface area contributed by atoms with Gasteiger partial charge in [-0.1, -0.05) is 66.5 Å². The molecule has 124 valence electrons. The quantitative estimate of drug-likeness (QED) is 0.643. The number of carbonyl (C=O) groups is 2. The van der Waals surface area contributed by atoms with E-state index in [0.717, 1.165) is 5.56 Å². The maximum absolute atomic E-state index is 12.6. The lowest BCUT2D eigenvalue weighted by Gasteiger charge is -2.14. The molecule has 1 fully saturated rings. The molecule has 1 N–H and O–H groups in total. The Hall–Kier alpha value is -2.70. The second-order valence-corrected chi connectivity index (χ2v) is 6.84. The monoisotopic (exact) mass is 367 g/mol. The molecule has 3 rings (SSSR count). The molecule has 25 heavy (non-hydrogen) atoms. The van der Waals surface area contributed by atoms with E-state index in [0.29, 0.717) is 14.9 Å². The minimum atomic E-state index is -1.01. The van der Waals surface area contributed by atoms with Gasteiger partial charge in [-0.15, -0.1) is 0 Å². The number of carbonyl (C=O) groups excluding carboxylic acids is 1. The first kappa shape index (κ1) is 17.1. The van der Waals surface area contributed by atoms with Gasteiger partial charge in [-0.2, -0.15) is 0 Å². The second-order valence-electron chi connectivity index (χ2n) is 5.16. The SMILES string of the molecule is O=C(O)c1ccc(N2C(=O)C(=CC=Cc3ccccc3)SC2=S)cc1. The van der Waals surface area contributed by atoms with Gasteiger partial charge in [-0.05, 0) is 35.9 Å². The maximum atomic E-state index is 12.6. The average molecular weight is 367 g/mol. The van der Waals surface area contributed by atoms with Crippen molar-refractivity contribution in [1.82, 2.24) is 0 Å². The molecular weight excluding hydrogens is 354 g/mol. The topological polar surface area (TPSA) is 57.6 Å². The fourth-order valence-corrected chi connectivity index (χ4v) is 3.52. The number of anilines is 1. The molecule has 6 heteroatoms. The van der Waals surface area contributed by atoms with Gasteiger partial charge in [-0.3, -0.25) is 9.69 Å². The van der Waals surface area contributed by atoms with E-state index in [1.807, 2.05) is 42.5 Å². The number of rotatable bonds is 4. The van der Waals surface area contributed by atoms with Crippen molar-refractivity contribution in [3.63, 3.8) is 0 Å². The number of carboxylic acid groups (broad SMARTS) is 1. The number of hydrogen-bond acceptors (Lipinski definition) is 4. The molecule has 1 heterocycles. The largest absolute Gasteiger partial charge is 0.478 e. The summed E-state index contributed by atoms with van der Waals surface area (Å²) in [5.41, 5.74) is 1.76. The molecule has 1 saturated heterocycles. The van der Waals surface area contributed by atoms with Crippen LogP contribution < -0.4 is 4.90 Å². The van der Waals surface area contributed by atoms with Gasteiger partial charge in [0, 0.05) is 0 Å². The third-order valence-corrected chi connectivity index (χ3v) is 4.82. The molecule has 0 radical (unpaired) electrons. The predicted octanol–water partition coefficient (Wildman–Crippen LogP) is 4.35. The lowest BCUT2D eigenvalue weighted by Crippen LogP contribution is -2.27. The van der Waals surface area contributed by atoms with Crippen molar-refractivity contribution in [2.45, 2.75) is 0 Å². The van der Waals surface area contributed by atoms with Gasteiger partial charge in [0.1, 0.15) is 0 Å². The number of aromatic carboxylic acids is 1. The van der Waals surface area contributed by atoms with Crippen LogP contribution in [0.4, 0.5) is 5.69 Å². The van der Waals surface area contributed by atoms with Crippen molar-refractivity contribution in [3.8, 4) is 0 Å². The fourth-order valence-electron chi connectivity index (χ4n) is 2.27. The highest BCUT2D eigenvalue weighted by molar-refractivity contribution is 8.27. The maximum Gasteiger partial charge on any atom is 0.335 e. The fraction of sp³-hybridized carbons (Fsp3) is 0. The van der Waals surface area contributed by atoms with Crippen molar-refractivity contribution >= 4 is 51.9 Å². The van der Waals surface area contributed by atoms with Crippen LogP contribution in [0.3, 0.4) is 0 Å². The van der Waals surface area contributed by atoms with Gasteiger partial charge >= 0.3 is 5.97 Å². The van der Waals surface area contributed by atoms with E-state index in [2.05, 4.69) is 0 Å². The summed E-state index contributed by atoms with van der Waals surface area (Å²) in [6, 6.07) is 15.8. The normalized spacial score (nSPS) is 16.2. The first-order chi connectivity index (χ1) is 12.1. The summed E-state index contributed by atoms with van der Waals surface area (Å²) in [6.45, 7) is 0. The van der Waals surface area contributed by atoms with Crippen LogP contribution in [0.2, 0.25) is 0 Å². The molecule has 1 aliphatic heterocycles. The minimum absolute atomic E-state index is 0.163. The molecule has 4 nitrogen and oxygen atoms in total. The molecule has 2 aromatic rings. The molecule has 0 spiro atoms. The number of carboxylic acids is 1. The molecule has 1 amide bonds. The van der Waals surface area contributed by atoms with Crippen molar-refractivity contribution in [3.05, 3.63) is 82.8 Å². The van der Waals surface area contributed by atoms with E-state index >= 15 is 0 Å². The molecule has 0 saturated carbocycles. The zero-order chi connectivity index (χ0) is 17.8. The number of amides is 1. The van der Waals surface area contributed by atoms with Crippen molar-refractivity contribution in [1.29, 1.82) is 0 Å². The summed E-state index contributed by atoms with van der Waals surface area (Å²) in [4.78, 5) is 25.4. The molecule has 1 aliphatic rings. The Morgan fingerprint density at radius 3 is 2.40 bits per heavy atom. The van der Waals surface area contributed by atoms with Gasteiger partial charge in [0.2, 0.25) is 0 Å². The molecular formula is C19H13NO3S2. The summed E-state index contributed by atoms with van der Waals surface area (Å²) < 4.78 is 0.424. The number of allylic oxidation sites excluding steroid dienone is 2. The minimum Gasteiger partial charge on any atom is -0.478 e. The van der Waals surface area contributed by atoms with E-state index in [9.17, 15) is 9.59 Å². The van der Waals surface area contributed by atoms with E-state index in [1.165, 1.54) is 28.8 Å². The number of thiocarbonyl (C=S) groups is 1. The van der Waals surface area contributed by atoms with Crippen LogP contribution >= 0.6 is 24.0 Å². The van der Waals surface area contributed by atoms with E-state index < -0.39 is 5.97 Å². The Balaban J connectivity index is 1.79.